The van der Waals surface area contributed by atoms with E-state index in [-0.39, 0.29) is 35.8 Å². The molecule has 1 aromatic carbocycles. The van der Waals surface area contributed by atoms with Gasteiger partial charge in [-0.3, -0.25) is 14.4 Å². The Labute approximate surface area is 171 Å². The van der Waals surface area contributed by atoms with Crippen LogP contribution in [0.4, 0.5) is 0 Å². The Hall–Kier alpha value is -2.42. The largest absolute Gasteiger partial charge is 0.456 e. The van der Waals surface area contributed by atoms with E-state index in [9.17, 15) is 22.8 Å². The number of hydrogen-bond donors (Lipinski definition) is 2. The standard InChI is InChI=1S/C20H28N2O6S/c1-20(2,3)15-6-4-14(5-7-15)19(25)21-10-8-18(24)28-12-17(23)22-16-9-11-29(26,27)13-16/h4-7,16H,8-13H2,1-3H3,(H,21,25)(H,22,23)/t16-/m1/s1. The molecule has 1 atom stereocenters. The number of amides is 2. The molecule has 0 aliphatic carbocycles. The fourth-order valence-electron chi connectivity index (χ4n) is 2.90. The Morgan fingerprint density at radius 1 is 1.14 bits per heavy atom. The summed E-state index contributed by atoms with van der Waals surface area (Å²) in [6.07, 6.45) is 0.293. The molecular weight excluding hydrogens is 396 g/mol. The molecule has 9 heteroatoms. The van der Waals surface area contributed by atoms with Gasteiger partial charge in [-0.25, -0.2) is 8.42 Å². The average molecular weight is 425 g/mol. The first-order valence-corrected chi connectivity index (χ1v) is 11.3. The number of rotatable bonds is 7. The second-order valence-electron chi connectivity index (χ2n) is 8.16. The Kier molecular flexibility index (Phi) is 7.40. The van der Waals surface area contributed by atoms with Crippen LogP contribution in [0.15, 0.2) is 24.3 Å². The first kappa shape index (κ1) is 22.9. The summed E-state index contributed by atoms with van der Waals surface area (Å²) in [5.74, 6) is -1.49. The lowest BCUT2D eigenvalue weighted by atomic mass is 9.87. The van der Waals surface area contributed by atoms with Crippen molar-refractivity contribution in [2.24, 2.45) is 0 Å². The number of ether oxygens (including phenoxy) is 1. The molecule has 1 saturated heterocycles. The highest BCUT2D eigenvalue weighted by molar-refractivity contribution is 7.91. The minimum atomic E-state index is -3.09. The van der Waals surface area contributed by atoms with Crippen molar-refractivity contribution in [2.75, 3.05) is 24.7 Å². The molecule has 0 spiro atoms. The number of carbonyl (C=O) groups excluding carboxylic acids is 3. The highest BCUT2D eigenvalue weighted by atomic mass is 32.2. The van der Waals surface area contributed by atoms with E-state index in [1.165, 1.54) is 0 Å². The molecule has 0 radical (unpaired) electrons. The fraction of sp³-hybridized carbons (Fsp3) is 0.550. The van der Waals surface area contributed by atoms with Crippen molar-refractivity contribution in [3.8, 4) is 0 Å². The minimum Gasteiger partial charge on any atom is -0.456 e. The van der Waals surface area contributed by atoms with Gasteiger partial charge in [0.15, 0.2) is 16.4 Å². The molecule has 1 aromatic rings. The molecule has 0 saturated carbocycles. The van der Waals surface area contributed by atoms with Gasteiger partial charge in [0.05, 0.1) is 17.9 Å². The van der Waals surface area contributed by atoms with E-state index in [0.29, 0.717) is 12.0 Å². The normalized spacial score (nSPS) is 18.1. The summed E-state index contributed by atoms with van der Waals surface area (Å²) < 4.78 is 27.6. The van der Waals surface area contributed by atoms with Crippen molar-refractivity contribution in [2.45, 2.75) is 45.1 Å². The summed E-state index contributed by atoms with van der Waals surface area (Å²) in [5.41, 5.74) is 1.61. The molecule has 0 bridgehead atoms. The summed E-state index contributed by atoms with van der Waals surface area (Å²) in [5, 5.41) is 5.17. The predicted molar refractivity (Wildman–Crippen MR) is 108 cm³/mol. The monoisotopic (exact) mass is 424 g/mol. The quantitative estimate of drug-likeness (QED) is 0.629. The maximum Gasteiger partial charge on any atom is 0.308 e. The molecule has 160 valence electrons. The third-order valence-electron chi connectivity index (χ3n) is 4.59. The molecule has 2 N–H and O–H groups in total. The van der Waals surface area contributed by atoms with Crippen LogP contribution in [0.25, 0.3) is 0 Å². The molecule has 0 aromatic heterocycles. The van der Waals surface area contributed by atoms with Gasteiger partial charge in [0, 0.05) is 18.2 Å². The van der Waals surface area contributed by atoms with Crippen LogP contribution in [-0.4, -0.2) is 56.9 Å². The summed E-state index contributed by atoms with van der Waals surface area (Å²) in [6, 6.07) is 6.84. The van der Waals surface area contributed by atoms with Crippen LogP contribution in [0.2, 0.25) is 0 Å². The van der Waals surface area contributed by atoms with Gasteiger partial charge in [0.1, 0.15) is 0 Å². The van der Waals surface area contributed by atoms with Crippen molar-refractivity contribution in [1.29, 1.82) is 0 Å². The van der Waals surface area contributed by atoms with Gasteiger partial charge in [0.2, 0.25) is 0 Å². The predicted octanol–water partition coefficient (Wildman–Crippen LogP) is 0.951. The van der Waals surface area contributed by atoms with Crippen molar-refractivity contribution >= 4 is 27.6 Å². The SMILES string of the molecule is CC(C)(C)c1ccc(C(=O)NCCC(=O)OCC(=O)N[C@@H]2CCS(=O)(=O)C2)cc1. The molecule has 1 fully saturated rings. The first-order valence-electron chi connectivity index (χ1n) is 9.50. The molecule has 8 nitrogen and oxygen atoms in total. The van der Waals surface area contributed by atoms with Gasteiger partial charge in [0.25, 0.3) is 11.8 Å². The summed E-state index contributed by atoms with van der Waals surface area (Å²) >= 11 is 0. The number of nitrogens with one attached hydrogen (secondary N) is 2. The molecule has 2 rings (SSSR count). The summed E-state index contributed by atoms with van der Waals surface area (Å²) in [6.45, 7) is 5.87. The van der Waals surface area contributed by atoms with E-state index >= 15 is 0 Å². The van der Waals surface area contributed by atoms with Gasteiger partial charge in [-0.15, -0.1) is 0 Å². The van der Waals surface area contributed by atoms with Gasteiger partial charge in [-0.1, -0.05) is 32.9 Å². The highest BCUT2D eigenvalue weighted by Crippen LogP contribution is 2.22. The fourth-order valence-corrected chi connectivity index (χ4v) is 4.57. The van der Waals surface area contributed by atoms with E-state index in [2.05, 4.69) is 31.4 Å². The zero-order valence-corrected chi connectivity index (χ0v) is 17.8. The van der Waals surface area contributed by atoms with E-state index in [0.717, 1.165) is 5.56 Å². The number of sulfone groups is 1. The first-order chi connectivity index (χ1) is 13.5. The topological polar surface area (TPSA) is 119 Å². The van der Waals surface area contributed by atoms with Crippen LogP contribution in [0, 0.1) is 0 Å². The summed E-state index contributed by atoms with van der Waals surface area (Å²) in [4.78, 5) is 35.6. The molecule has 1 heterocycles. The number of benzene rings is 1. The van der Waals surface area contributed by atoms with Crippen LogP contribution in [-0.2, 0) is 29.6 Å². The molecule has 0 unspecified atom stereocenters. The van der Waals surface area contributed by atoms with Crippen LogP contribution < -0.4 is 10.6 Å². The van der Waals surface area contributed by atoms with E-state index in [4.69, 9.17) is 4.74 Å². The lowest BCUT2D eigenvalue weighted by Gasteiger charge is -2.19. The number of hydrogen-bond acceptors (Lipinski definition) is 6. The Morgan fingerprint density at radius 2 is 1.79 bits per heavy atom. The van der Waals surface area contributed by atoms with E-state index in [1.807, 2.05) is 12.1 Å². The average Bonchev–Trinajstić information content (AvgIpc) is 2.97. The minimum absolute atomic E-state index is 0.00290. The zero-order valence-electron chi connectivity index (χ0n) is 17.0. The van der Waals surface area contributed by atoms with E-state index < -0.39 is 34.4 Å². The number of carbonyl (C=O) groups is 3. The van der Waals surface area contributed by atoms with Crippen LogP contribution in [0.3, 0.4) is 0 Å². The van der Waals surface area contributed by atoms with Gasteiger partial charge in [-0.2, -0.15) is 0 Å². The van der Waals surface area contributed by atoms with Crippen LogP contribution in [0.5, 0.6) is 0 Å². The van der Waals surface area contributed by atoms with Crippen molar-refractivity contribution < 1.29 is 27.5 Å². The Morgan fingerprint density at radius 3 is 2.34 bits per heavy atom. The third-order valence-corrected chi connectivity index (χ3v) is 6.36. The second-order valence-corrected chi connectivity index (χ2v) is 10.4. The highest BCUT2D eigenvalue weighted by Gasteiger charge is 2.29. The van der Waals surface area contributed by atoms with Crippen LogP contribution in [0.1, 0.15) is 49.5 Å². The smallest absolute Gasteiger partial charge is 0.308 e. The Bertz CT molecular complexity index is 856. The van der Waals surface area contributed by atoms with Gasteiger partial charge >= 0.3 is 5.97 Å². The maximum absolute atomic E-state index is 12.1. The molecule has 1 aliphatic rings. The summed E-state index contributed by atoms with van der Waals surface area (Å²) in [7, 11) is -3.09. The van der Waals surface area contributed by atoms with Gasteiger partial charge in [-0.05, 0) is 29.5 Å². The molecular formula is C20H28N2O6S. The zero-order chi connectivity index (χ0) is 21.7. The maximum atomic E-state index is 12.1. The van der Waals surface area contributed by atoms with Crippen molar-refractivity contribution in [3.63, 3.8) is 0 Å². The molecule has 1 aliphatic heterocycles. The second kappa shape index (κ2) is 9.39. The van der Waals surface area contributed by atoms with Gasteiger partial charge < -0.3 is 15.4 Å². The third kappa shape index (κ3) is 7.49. The van der Waals surface area contributed by atoms with Crippen molar-refractivity contribution in [1.82, 2.24) is 10.6 Å². The number of esters is 1. The van der Waals surface area contributed by atoms with E-state index in [1.54, 1.807) is 12.1 Å². The molecule has 29 heavy (non-hydrogen) atoms. The molecule has 2 amide bonds. The lowest BCUT2D eigenvalue weighted by molar-refractivity contribution is -0.148. The Balaban J connectivity index is 1.66. The van der Waals surface area contributed by atoms with Crippen LogP contribution >= 0.6 is 0 Å². The lowest BCUT2D eigenvalue weighted by Crippen LogP contribution is -2.38. The van der Waals surface area contributed by atoms with Crippen molar-refractivity contribution in [3.05, 3.63) is 35.4 Å².